The maximum absolute atomic E-state index is 14.0. The fraction of sp³-hybridized carbons (Fsp3) is 0.310. The van der Waals surface area contributed by atoms with Gasteiger partial charge in [0.15, 0.2) is 0 Å². The minimum atomic E-state index is -3.81. The van der Waals surface area contributed by atoms with Crippen molar-refractivity contribution in [2.75, 3.05) is 23.7 Å². The van der Waals surface area contributed by atoms with Crippen LogP contribution in [-0.2, 0) is 32.6 Å². The monoisotopic (exact) mass is 677 g/mol. The third-order valence-corrected chi connectivity index (χ3v) is 8.25. The molecule has 0 heterocycles. The Labute approximate surface area is 247 Å². The molecule has 0 spiro atoms. The molecule has 0 fully saturated rings. The molecule has 0 aliphatic heterocycles. The molecule has 208 valence electrons. The molecule has 7 nitrogen and oxygen atoms in total. The van der Waals surface area contributed by atoms with Crippen LogP contribution in [0.1, 0.15) is 30.9 Å². The van der Waals surface area contributed by atoms with Crippen molar-refractivity contribution in [2.45, 2.75) is 38.8 Å². The van der Waals surface area contributed by atoms with E-state index in [2.05, 4.69) is 37.2 Å². The summed E-state index contributed by atoms with van der Waals surface area (Å²) in [6, 6.07) is 22.9. The Kier molecular flexibility index (Phi) is 11.6. The second kappa shape index (κ2) is 14.6. The van der Waals surface area contributed by atoms with Crippen LogP contribution in [0.15, 0.2) is 87.8 Å². The zero-order valence-electron chi connectivity index (χ0n) is 22.0. The zero-order chi connectivity index (χ0) is 28.4. The lowest BCUT2D eigenvalue weighted by Gasteiger charge is -2.33. The first-order valence-corrected chi connectivity index (χ1v) is 16.1. The summed E-state index contributed by atoms with van der Waals surface area (Å²) in [5, 5.41) is 2.98. The van der Waals surface area contributed by atoms with E-state index < -0.39 is 28.5 Å². The van der Waals surface area contributed by atoms with Gasteiger partial charge < -0.3 is 10.2 Å². The van der Waals surface area contributed by atoms with E-state index in [9.17, 15) is 18.0 Å². The molecule has 2 amide bonds. The van der Waals surface area contributed by atoms with E-state index in [0.29, 0.717) is 16.7 Å². The van der Waals surface area contributed by atoms with Gasteiger partial charge in [-0.05, 0) is 47.9 Å². The van der Waals surface area contributed by atoms with Gasteiger partial charge in [-0.1, -0.05) is 93.7 Å². The molecular weight excluding hydrogens is 646 g/mol. The summed E-state index contributed by atoms with van der Waals surface area (Å²) < 4.78 is 28.3. The van der Waals surface area contributed by atoms with Crippen LogP contribution in [0.25, 0.3) is 0 Å². The van der Waals surface area contributed by atoms with Crippen LogP contribution in [0.5, 0.6) is 0 Å². The highest BCUT2D eigenvalue weighted by Crippen LogP contribution is 2.24. The smallest absolute Gasteiger partial charge is 0.244 e. The molecule has 3 rings (SSSR count). The molecule has 3 aromatic rings. The molecule has 39 heavy (non-hydrogen) atoms. The van der Waals surface area contributed by atoms with Crippen molar-refractivity contribution in [1.82, 2.24) is 10.2 Å². The van der Waals surface area contributed by atoms with Crippen LogP contribution in [0.4, 0.5) is 5.69 Å². The summed E-state index contributed by atoms with van der Waals surface area (Å²) >= 11 is 6.86. The number of hydrogen-bond donors (Lipinski definition) is 1. The number of unbranched alkanes of at least 4 members (excludes halogenated alkanes) is 1. The first-order chi connectivity index (χ1) is 18.6. The molecule has 0 aliphatic carbocycles. The lowest BCUT2D eigenvalue weighted by atomic mass is 10.0. The lowest BCUT2D eigenvalue weighted by molar-refractivity contribution is -0.140. The van der Waals surface area contributed by atoms with E-state index in [-0.39, 0.29) is 18.9 Å². The third kappa shape index (κ3) is 9.47. The number of hydrogen-bond acceptors (Lipinski definition) is 4. The molecule has 0 aliphatic rings. The van der Waals surface area contributed by atoms with Crippen LogP contribution in [0, 0.1) is 0 Å². The average Bonchev–Trinajstić information content (AvgIpc) is 2.89. The van der Waals surface area contributed by atoms with Gasteiger partial charge in [-0.2, -0.15) is 0 Å². The van der Waals surface area contributed by atoms with Crippen molar-refractivity contribution in [1.29, 1.82) is 0 Å². The molecular formula is C29H33Br2N3O4S. The predicted molar refractivity (Wildman–Crippen MR) is 163 cm³/mol. The molecule has 1 N–H and O–H groups in total. The summed E-state index contributed by atoms with van der Waals surface area (Å²) in [6.07, 6.45) is 3.08. The van der Waals surface area contributed by atoms with Crippen LogP contribution in [0.3, 0.4) is 0 Å². The van der Waals surface area contributed by atoms with Gasteiger partial charge in [0, 0.05) is 28.5 Å². The standard InChI is InChI=1S/C29H33Br2N3O4S/c1-3-4-16-32-29(36)27(18-22-10-6-5-7-11-22)33(20-23-12-8-13-24(30)17-23)28(35)21-34(39(2,37)38)26-15-9-14-25(31)19-26/h5-15,17,19,27H,3-4,16,18,20-21H2,1-2H3,(H,32,36)/t27-/m0/s1. The third-order valence-electron chi connectivity index (χ3n) is 6.12. The number of anilines is 1. The number of carbonyl (C=O) groups excluding carboxylic acids is 2. The van der Waals surface area contributed by atoms with Gasteiger partial charge in [0.05, 0.1) is 11.9 Å². The van der Waals surface area contributed by atoms with Gasteiger partial charge in [0.25, 0.3) is 0 Å². The SMILES string of the molecule is CCCCNC(=O)[C@H](Cc1ccccc1)N(Cc1cccc(Br)c1)C(=O)CN(c1cccc(Br)c1)S(C)(=O)=O. The van der Waals surface area contributed by atoms with E-state index >= 15 is 0 Å². The fourth-order valence-corrected chi connectivity index (χ4v) is 5.81. The molecule has 10 heteroatoms. The van der Waals surface area contributed by atoms with Crippen LogP contribution in [0.2, 0.25) is 0 Å². The Morgan fingerprint density at radius 3 is 2.15 bits per heavy atom. The van der Waals surface area contributed by atoms with Gasteiger partial charge >= 0.3 is 0 Å². The maximum Gasteiger partial charge on any atom is 0.244 e. The summed E-state index contributed by atoms with van der Waals surface area (Å²) in [5.74, 6) is -0.754. The Balaban J connectivity index is 2.03. The van der Waals surface area contributed by atoms with E-state index in [1.54, 1.807) is 24.3 Å². The van der Waals surface area contributed by atoms with E-state index in [4.69, 9.17) is 0 Å². The van der Waals surface area contributed by atoms with Crippen molar-refractivity contribution in [2.24, 2.45) is 0 Å². The highest BCUT2D eigenvalue weighted by atomic mass is 79.9. The number of nitrogens with one attached hydrogen (secondary N) is 1. The van der Waals surface area contributed by atoms with Gasteiger partial charge in [-0.15, -0.1) is 0 Å². The molecule has 0 radical (unpaired) electrons. The molecule has 1 atom stereocenters. The number of nitrogens with zero attached hydrogens (tertiary/aromatic N) is 2. The topological polar surface area (TPSA) is 86.8 Å². The van der Waals surface area contributed by atoms with Crippen LogP contribution in [-0.4, -0.2) is 50.5 Å². The van der Waals surface area contributed by atoms with Gasteiger partial charge in [-0.3, -0.25) is 13.9 Å². The largest absolute Gasteiger partial charge is 0.354 e. The second-order valence-electron chi connectivity index (χ2n) is 9.25. The van der Waals surface area contributed by atoms with Crippen LogP contribution < -0.4 is 9.62 Å². The van der Waals surface area contributed by atoms with Crippen molar-refractivity contribution < 1.29 is 18.0 Å². The van der Waals surface area contributed by atoms with Gasteiger partial charge in [0.1, 0.15) is 12.6 Å². The molecule has 3 aromatic carbocycles. The number of benzene rings is 3. The Bertz CT molecular complexity index is 1370. The normalized spacial score (nSPS) is 12.0. The number of sulfonamides is 1. The van der Waals surface area contributed by atoms with E-state index in [1.807, 2.05) is 61.5 Å². The average molecular weight is 679 g/mol. The summed E-state index contributed by atoms with van der Waals surface area (Å²) in [5.41, 5.74) is 2.06. The molecule has 0 aromatic heterocycles. The van der Waals surface area contributed by atoms with E-state index in [0.717, 1.165) is 39.0 Å². The highest BCUT2D eigenvalue weighted by molar-refractivity contribution is 9.10. The molecule has 0 bridgehead atoms. The number of amides is 2. The number of rotatable bonds is 13. The quantitative estimate of drug-likeness (QED) is 0.241. The van der Waals surface area contributed by atoms with Gasteiger partial charge in [-0.25, -0.2) is 8.42 Å². The van der Waals surface area contributed by atoms with Gasteiger partial charge in [0.2, 0.25) is 21.8 Å². The van der Waals surface area contributed by atoms with Crippen LogP contribution >= 0.6 is 31.9 Å². The Hall–Kier alpha value is -2.69. The Morgan fingerprint density at radius 1 is 0.897 bits per heavy atom. The lowest BCUT2D eigenvalue weighted by Crippen LogP contribution is -2.53. The maximum atomic E-state index is 14.0. The molecule has 0 saturated carbocycles. The summed E-state index contributed by atoms with van der Waals surface area (Å²) in [6.45, 7) is 2.22. The van der Waals surface area contributed by atoms with Crippen molar-refractivity contribution in [3.05, 3.63) is 98.9 Å². The highest BCUT2D eigenvalue weighted by Gasteiger charge is 2.33. The summed E-state index contributed by atoms with van der Waals surface area (Å²) in [7, 11) is -3.81. The van der Waals surface area contributed by atoms with Crippen molar-refractivity contribution in [3.63, 3.8) is 0 Å². The minimum Gasteiger partial charge on any atom is -0.354 e. The summed E-state index contributed by atoms with van der Waals surface area (Å²) in [4.78, 5) is 29.1. The minimum absolute atomic E-state index is 0.132. The fourth-order valence-electron chi connectivity index (χ4n) is 4.14. The predicted octanol–water partition coefficient (Wildman–Crippen LogP) is 5.53. The first-order valence-electron chi connectivity index (χ1n) is 12.7. The number of halogens is 2. The molecule has 0 saturated heterocycles. The van der Waals surface area contributed by atoms with Crippen molar-refractivity contribution in [3.8, 4) is 0 Å². The first kappa shape index (κ1) is 30.8. The molecule has 0 unspecified atom stereocenters. The Morgan fingerprint density at radius 2 is 1.54 bits per heavy atom. The van der Waals surface area contributed by atoms with Crippen molar-refractivity contribution >= 4 is 59.4 Å². The second-order valence-corrected chi connectivity index (χ2v) is 13.0. The number of carbonyl (C=O) groups is 2. The zero-order valence-corrected chi connectivity index (χ0v) is 26.0. The van der Waals surface area contributed by atoms with E-state index in [1.165, 1.54) is 4.90 Å².